The van der Waals surface area contributed by atoms with E-state index in [1.54, 1.807) is 36.4 Å². The molecule has 2 aromatic carbocycles. The molecule has 0 aliphatic rings. The average Bonchev–Trinajstić information content (AvgIpc) is 3.45. The van der Waals surface area contributed by atoms with Gasteiger partial charge in [0.25, 0.3) is 5.91 Å². The first-order valence-electron chi connectivity index (χ1n) is 13.5. The van der Waals surface area contributed by atoms with E-state index in [1.165, 1.54) is 12.3 Å². The number of aromatic amines is 1. The van der Waals surface area contributed by atoms with Gasteiger partial charge in [-0.3, -0.25) is 15.2 Å². The Bertz CT molecular complexity index is 1710. The second-order valence-electron chi connectivity index (χ2n) is 10.1. The molecule has 234 valence electrons. The van der Waals surface area contributed by atoms with Gasteiger partial charge < -0.3 is 25.6 Å². The van der Waals surface area contributed by atoms with Crippen molar-refractivity contribution in [2.45, 2.75) is 19.8 Å². The zero-order valence-electron chi connectivity index (χ0n) is 24.9. The predicted octanol–water partition coefficient (Wildman–Crippen LogP) is 5.70. The van der Waals surface area contributed by atoms with E-state index in [-0.39, 0.29) is 71.7 Å². The number of aromatic nitrogens is 4. The standard InChI is InChI=1S/C30H31Cl2N9O3.Po/c1-6-18-13-19(28(42)33-11-12-41(4)5)15-20(14-18)35-29-34-10-9-25(38-29)44-23-8-7-21(26(31)27(23)32)36-30(43)37-24-16-22(17(2)3)39-40-24;/h1,7-10,13-17H,11-12H2,2-5H3,(H,33,42)(H,34,35,38)(H3,36,37,39,40,43);. The van der Waals surface area contributed by atoms with Gasteiger partial charge in [0.1, 0.15) is 10.8 Å². The number of carbonyl (C=O) groups excluding carboxylic acids is 2. The van der Waals surface area contributed by atoms with Gasteiger partial charge in [0.2, 0.25) is 11.8 Å². The van der Waals surface area contributed by atoms with Crippen molar-refractivity contribution >= 4 is 84.8 Å². The quantitative estimate of drug-likeness (QED) is 0.121. The third-order valence-corrected chi connectivity index (χ3v) is 6.93. The molecule has 4 rings (SSSR count). The number of urea groups is 1. The molecular weight excluding hydrogens is 814 g/mol. The average molecular weight is 846 g/mol. The summed E-state index contributed by atoms with van der Waals surface area (Å²) in [5, 5.41) is 18.3. The number of carbonyl (C=O) groups is 2. The van der Waals surface area contributed by atoms with Gasteiger partial charge in [-0.2, -0.15) is 10.1 Å². The minimum absolute atomic E-state index is 0. The van der Waals surface area contributed by atoms with Crippen molar-refractivity contribution in [3.63, 3.8) is 0 Å². The zero-order chi connectivity index (χ0) is 31.8. The summed E-state index contributed by atoms with van der Waals surface area (Å²) in [7, 11) is 3.85. The Morgan fingerprint density at radius 2 is 1.87 bits per heavy atom. The molecule has 5 N–H and O–H groups in total. The molecule has 12 nitrogen and oxygen atoms in total. The minimum atomic E-state index is -0.548. The van der Waals surface area contributed by atoms with Crippen LogP contribution in [-0.4, -0.2) is 90.8 Å². The number of halogens is 2. The maximum Gasteiger partial charge on any atom is 0.324 e. The minimum Gasteiger partial charge on any atom is -0.437 e. The van der Waals surface area contributed by atoms with Crippen LogP contribution in [-0.2, 0) is 0 Å². The number of nitrogens with zero attached hydrogens (tertiary/aromatic N) is 4. The first-order chi connectivity index (χ1) is 21.0. The number of ether oxygens (including phenoxy) is 1. The summed E-state index contributed by atoms with van der Waals surface area (Å²) in [4.78, 5) is 35.7. The summed E-state index contributed by atoms with van der Waals surface area (Å²) in [5.74, 6) is 3.44. The molecule has 2 heterocycles. The molecule has 3 amide bonds. The number of likely N-dealkylation sites (N-methyl/N-ethyl adjacent to an activating group) is 1. The van der Waals surface area contributed by atoms with Gasteiger partial charge >= 0.3 is 6.03 Å². The number of H-pyrrole nitrogens is 1. The fourth-order valence-corrected chi connectivity index (χ4v) is 4.19. The molecule has 15 heteroatoms. The molecule has 2 aromatic heterocycles. The number of nitrogens with one attached hydrogen (secondary N) is 5. The third kappa shape index (κ3) is 10.0. The molecule has 4 aromatic rings. The molecule has 2 radical (unpaired) electrons. The molecule has 45 heavy (non-hydrogen) atoms. The number of amides is 3. The molecule has 0 saturated carbocycles. The van der Waals surface area contributed by atoms with E-state index in [0.29, 0.717) is 35.7 Å². The van der Waals surface area contributed by atoms with Crippen LogP contribution in [0.25, 0.3) is 0 Å². The molecule has 0 aliphatic heterocycles. The Kier molecular flexibility index (Phi) is 13.0. The van der Waals surface area contributed by atoms with Crippen molar-refractivity contribution in [1.82, 2.24) is 30.4 Å². The topological polar surface area (TPSA) is 149 Å². The first-order valence-corrected chi connectivity index (χ1v) is 14.2. The molecule has 0 unspecified atom stereocenters. The van der Waals surface area contributed by atoms with Crippen LogP contribution in [0.4, 0.5) is 27.9 Å². The van der Waals surface area contributed by atoms with Gasteiger partial charge in [-0.1, -0.05) is 43.0 Å². The number of terminal acetylenes is 1. The van der Waals surface area contributed by atoms with Crippen LogP contribution >= 0.6 is 23.2 Å². The van der Waals surface area contributed by atoms with Crippen molar-refractivity contribution in [2.24, 2.45) is 0 Å². The van der Waals surface area contributed by atoms with Crippen molar-refractivity contribution in [1.29, 1.82) is 0 Å². The number of anilines is 4. The molecule has 0 aliphatic carbocycles. The van der Waals surface area contributed by atoms with E-state index >= 15 is 0 Å². The predicted molar refractivity (Wildman–Crippen MR) is 178 cm³/mol. The van der Waals surface area contributed by atoms with Gasteiger partial charge in [-0.15, -0.1) is 6.42 Å². The summed E-state index contributed by atoms with van der Waals surface area (Å²) < 4.78 is 5.87. The number of benzene rings is 2. The fraction of sp³-hybridized carbons (Fsp3) is 0.233. The summed E-state index contributed by atoms with van der Waals surface area (Å²) in [6, 6.07) is 10.8. The van der Waals surface area contributed by atoms with E-state index < -0.39 is 6.03 Å². The normalized spacial score (nSPS) is 10.6. The second-order valence-corrected chi connectivity index (χ2v) is 10.9. The van der Waals surface area contributed by atoms with Crippen molar-refractivity contribution in [3.05, 3.63) is 75.5 Å². The van der Waals surface area contributed by atoms with E-state index in [1.807, 2.05) is 32.8 Å². The van der Waals surface area contributed by atoms with Crippen LogP contribution in [0.15, 0.2) is 48.7 Å². The van der Waals surface area contributed by atoms with Crippen LogP contribution in [0, 0.1) is 12.3 Å². The molecule has 0 fully saturated rings. The Balaban J connectivity index is 0.00000552. The number of hydrogen-bond acceptors (Lipinski definition) is 8. The van der Waals surface area contributed by atoms with Gasteiger partial charge in [0.05, 0.1) is 10.7 Å². The summed E-state index contributed by atoms with van der Waals surface area (Å²) in [6.07, 6.45) is 7.10. The van der Waals surface area contributed by atoms with E-state index in [9.17, 15) is 9.59 Å². The number of rotatable bonds is 11. The first kappa shape index (κ1) is 35.5. The Morgan fingerprint density at radius 1 is 1.09 bits per heavy atom. The number of hydrogen-bond donors (Lipinski definition) is 5. The largest absolute Gasteiger partial charge is 0.437 e. The van der Waals surface area contributed by atoms with Gasteiger partial charge in [-0.05, 0) is 50.3 Å². The van der Waals surface area contributed by atoms with Crippen molar-refractivity contribution < 1.29 is 14.3 Å². The smallest absolute Gasteiger partial charge is 0.324 e. The SMILES string of the molecule is C#Cc1cc(Nc2nccc(Oc3ccc(NC(=O)Nc4cc(C(C)C)[nH]n4)c(Cl)c3Cl)n2)cc(C(=O)NCCN(C)C)c1.[Po]. The van der Waals surface area contributed by atoms with Crippen LogP contribution in [0.5, 0.6) is 11.6 Å². The van der Waals surface area contributed by atoms with Gasteiger partial charge in [-0.25, -0.2) is 9.78 Å². The molecular formula is C30H31Cl2N9O3Po. The van der Waals surface area contributed by atoms with E-state index in [2.05, 4.69) is 47.4 Å². The maximum atomic E-state index is 12.7. The monoisotopic (exact) mass is 844 g/mol. The second kappa shape index (κ2) is 16.4. The van der Waals surface area contributed by atoms with Crippen molar-refractivity contribution in [2.75, 3.05) is 43.1 Å². The van der Waals surface area contributed by atoms with Crippen molar-refractivity contribution in [3.8, 4) is 24.0 Å². The van der Waals surface area contributed by atoms with E-state index in [0.717, 1.165) is 5.69 Å². The van der Waals surface area contributed by atoms with Crippen LogP contribution in [0.1, 0.15) is 41.4 Å². The molecule has 0 saturated heterocycles. The molecule has 0 atom stereocenters. The summed E-state index contributed by atoms with van der Waals surface area (Å²) in [5.41, 5.74) is 2.56. The summed E-state index contributed by atoms with van der Waals surface area (Å²) >= 11 is 12.9. The Hall–Kier alpha value is -3.93. The third-order valence-electron chi connectivity index (χ3n) is 6.06. The van der Waals surface area contributed by atoms with Gasteiger partial charge in [0, 0.05) is 80.5 Å². The fourth-order valence-electron chi connectivity index (χ4n) is 3.78. The van der Waals surface area contributed by atoms with Crippen LogP contribution < -0.4 is 26.0 Å². The van der Waals surface area contributed by atoms with E-state index in [4.69, 9.17) is 34.4 Å². The van der Waals surface area contributed by atoms with Gasteiger partial charge in [0.15, 0.2) is 5.82 Å². The Morgan fingerprint density at radius 3 is 2.56 bits per heavy atom. The molecule has 0 bridgehead atoms. The Labute approximate surface area is 290 Å². The van der Waals surface area contributed by atoms with Crippen LogP contribution in [0.2, 0.25) is 10.0 Å². The maximum absolute atomic E-state index is 12.7. The summed E-state index contributed by atoms with van der Waals surface area (Å²) in [6.45, 7) is 5.19. The molecule has 0 spiro atoms. The van der Waals surface area contributed by atoms with Crippen LogP contribution in [0.3, 0.4) is 0 Å². The zero-order valence-corrected chi connectivity index (χ0v) is 29.6.